The smallest absolute Gasteiger partial charge is 0.157 e. The number of hydrogen-bond acceptors (Lipinski definition) is 1. The van der Waals surface area contributed by atoms with Crippen LogP contribution in [0.5, 0.6) is 0 Å². The second kappa shape index (κ2) is 15.8. The number of halogens is 2. The molecule has 34 heavy (non-hydrogen) atoms. The summed E-state index contributed by atoms with van der Waals surface area (Å²) in [4.78, 5) is 0. The number of ether oxygens (including phenoxy) is 1. The molecular weight excluding hydrogens is 426 g/mol. The minimum atomic E-state index is -1.42. The number of hydrogen-bond donors (Lipinski definition) is 0. The van der Waals surface area contributed by atoms with Gasteiger partial charge in [0.1, 0.15) is 6.17 Å². The maximum Gasteiger partial charge on any atom is 0.157 e. The predicted molar refractivity (Wildman–Crippen MR) is 141 cm³/mol. The fraction of sp³-hybridized carbons (Fsp3) is 1.00. The van der Waals surface area contributed by atoms with E-state index in [1.165, 1.54) is 89.9 Å². The highest BCUT2D eigenvalue weighted by Crippen LogP contribution is 2.47. The Hall–Kier alpha value is -0.180. The summed E-state index contributed by atoms with van der Waals surface area (Å²) >= 11 is 0. The normalized spacial score (nSPS) is 37.1. The van der Waals surface area contributed by atoms with Crippen molar-refractivity contribution in [1.29, 1.82) is 0 Å². The van der Waals surface area contributed by atoms with E-state index in [0.717, 1.165) is 49.9 Å². The first-order valence-corrected chi connectivity index (χ1v) is 15.5. The van der Waals surface area contributed by atoms with Gasteiger partial charge in [0, 0.05) is 6.61 Å². The van der Waals surface area contributed by atoms with Crippen LogP contribution in [-0.2, 0) is 4.74 Å². The van der Waals surface area contributed by atoms with Crippen molar-refractivity contribution in [2.75, 3.05) is 6.61 Å². The molecule has 0 aromatic carbocycles. The Morgan fingerprint density at radius 1 is 0.559 bits per heavy atom. The molecule has 0 spiro atoms. The minimum absolute atomic E-state index is 0.0702. The van der Waals surface area contributed by atoms with E-state index in [0.29, 0.717) is 18.9 Å². The lowest BCUT2D eigenvalue weighted by Gasteiger charge is -2.43. The summed E-state index contributed by atoms with van der Waals surface area (Å²) in [5, 5.41) is 0. The molecule has 0 aromatic rings. The molecule has 0 aliphatic heterocycles. The van der Waals surface area contributed by atoms with Gasteiger partial charge in [0.05, 0.1) is 6.10 Å². The van der Waals surface area contributed by atoms with E-state index >= 15 is 4.39 Å². The zero-order valence-electron chi connectivity index (χ0n) is 22.6. The maximum absolute atomic E-state index is 15.2. The third-order valence-corrected chi connectivity index (χ3v) is 9.88. The van der Waals surface area contributed by atoms with Crippen LogP contribution in [-0.4, -0.2) is 25.1 Å². The van der Waals surface area contributed by atoms with Crippen LogP contribution in [0.1, 0.15) is 142 Å². The summed E-state index contributed by atoms with van der Waals surface area (Å²) in [5.41, 5.74) is 0. The maximum atomic E-state index is 15.2. The zero-order valence-corrected chi connectivity index (χ0v) is 22.6. The van der Waals surface area contributed by atoms with Crippen molar-refractivity contribution in [3.63, 3.8) is 0 Å². The van der Waals surface area contributed by atoms with E-state index in [-0.39, 0.29) is 5.92 Å². The van der Waals surface area contributed by atoms with Gasteiger partial charge in [-0.25, -0.2) is 8.78 Å². The van der Waals surface area contributed by atoms with Gasteiger partial charge in [0.2, 0.25) is 0 Å². The summed E-state index contributed by atoms with van der Waals surface area (Å²) in [5.74, 6) is 3.06. The molecular formula is C31H56F2O. The van der Waals surface area contributed by atoms with E-state index in [4.69, 9.17) is 4.74 Å². The Labute approximate surface area is 210 Å². The third-order valence-electron chi connectivity index (χ3n) is 9.88. The molecule has 3 heteroatoms. The van der Waals surface area contributed by atoms with E-state index in [2.05, 4.69) is 13.8 Å². The van der Waals surface area contributed by atoms with Gasteiger partial charge in [-0.15, -0.1) is 0 Å². The largest absolute Gasteiger partial charge is 0.375 e. The Kier molecular flexibility index (Phi) is 13.2. The molecule has 200 valence electrons. The second-order valence-corrected chi connectivity index (χ2v) is 12.3. The SMILES string of the molecule is CCCCCCCCOC1CCC(C2CCC(C3CCC(CCCCC)CC3)CC2)C(F)C1F. The van der Waals surface area contributed by atoms with Crippen molar-refractivity contribution in [3.8, 4) is 0 Å². The fourth-order valence-corrected chi connectivity index (χ4v) is 7.58. The van der Waals surface area contributed by atoms with Gasteiger partial charge in [-0.3, -0.25) is 0 Å². The summed E-state index contributed by atoms with van der Waals surface area (Å²) in [6.07, 6.45) is 21.6. The molecule has 0 radical (unpaired) electrons. The highest BCUT2D eigenvalue weighted by atomic mass is 19.2. The van der Waals surface area contributed by atoms with Crippen molar-refractivity contribution in [2.24, 2.45) is 29.6 Å². The molecule has 0 heterocycles. The number of unbranched alkanes of at least 4 members (excludes halogenated alkanes) is 7. The van der Waals surface area contributed by atoms with Gasteiger partial charge in [-0.2, -0.15) is 0 Å². The molecule has 0 N–H and O–H groups in total. The van der Waals surface area contributed by atoms with Crippen LogP contribution < -0.4 is 0 Å². The molecule has 3 saturated carbocycles. The Morgan fingerprint density at radius 3 is 1.79 bits per heavy atom. The molecule has 4 atom stereocenters. The molecule has 0 amide bonds. The van der Waals surface area contributed by atoms with Crippen LogP contribution in [0.4, 0.5) is 8.78 Å². The molecule has 3 aliphatic rings. The first-order valence-electron chi connectivity index (χ1n) is 15.5. The molecule has 3 rings (SSSR count). The lowest BCUT2D eigenvalue weighted by Crippen LogP contribution is -2.46. The van der Waals surface area contributed by atoms with Crippen molar-refractivity contribution < 1.29 is 13.5 Å². The van der Waals surface area contributed by atoms with Crippen molar-refractivity contribution >= 4 is 0 Å². The van der Waals surface area contributed by atoms with Gasteiger partial charge in [-0.1, -0.05) is 84.5 Å². The second-order valence-electron chi connectivity index (χ2n) is 12.3. The third kappa shape index (κ3) is 8.74. The van der Waals surface area contributed by atoms with Crippen LogP contribution in [0.15, 0.2) is 0 Å². The first kappa shape index (κ1) is 28.4. The number of rotatable bonds is 14. The van der Waals surface area contributed by atoms with Crippen LogP contribution in [0, 0.1) is 29.6 Å². The molecule has 3 aliphatic carbocycles. The Balaban J connectivity index is 1.31. The van der Waals surface area contributed by atoms with Gasteiger partial charge < -0.3 is 4.74 Å². The van der Waals surface area contributed by atoms with E-state index in [9.17, 15) is 4.39 Å². The van der Waals surface area contributed by atoms with E-state index in [1.807, 2.05) is 0 Å². The van der Waals surface area contributed by atoms with Crippen molar-refractivity contribution in [3.05, 3.63) is 0 Å². The van der Waals surface area contributed by atoms with E-state index in [1.54, 1.807) is 0 Å². The van der Waals surface area contributed by atoms with Gasteiger partial charge in [0.25, 0.3) is 0 Å². The molecule has 3 fully saturated rings. The highest BCUT2D eigenvalue weighted by Gasteiger charge is 2.45. The lowest BCUT2D eigenvalue weighted by molar-refractivity contribution is -0.0887. The van der Waals surface area contributed by atoms with Crippen molar-refractivity contribution in [1.82, 2.24) is 0 Å². The van der Waals surface area contributed by atoms with Crippen LogP contribution in [0.3, 0.4) is 0 Å². The predicted octanol–water partition coefficient (Wildman–Crippen LogP) is 10.0. The molecule has 0 aromatic heterocycles. The molecule has 0 bridgehead atoms. The monoisotopic (exact) mass is 482 g/mol. The van der Waals surface area contributed by atoms with Crippen LogP contribution >= 0.6 is 0 Å². The molecule has 0 saturated heterocycles. The average molecular weight is 483 g/mol. The molecule has 1 nitrogen and oxygen atoms in total. The number of alkyl halides is 2. The van der Waals surface area contributed by atoms with E-state index < -0.39 is 18.4 Å². The first-order chi connectivity index (χ1) is 16.6. The Bertz CT molecular complexity index is 510. The Morgan fingerprint density at radius 2 is 1.12 bits per heavy atom. The van der Waals surface area contributed by atoms with Gasteiger partial charge in [-0.05, 0) is 87.4 Å². The lowest BCUT2D eigenvalue weighted by atomic mass is 9.65. The van der Waals surface area contributed by atoms with Crippen LogP contribution in [0.25, 0.3) is 0 Å². The topological polar surface area (TPSA) is 9.23 Å². The standard InChI is InChI=1S/C31H56F2O/c1-3-5-7-8-9-11-23-34-29-22-21-28(30(32)31(29)33)27-19-17-26(18-20-27)25-15-13-24(14-16-25)12-10-6-4-2/h24-31H,3-23H2,1-2H3. The molecule has 4 unspecified atom stereocenters. The fourth-order valence-electron chi connectivity index (χ4n) is 7.58. The summed E-state index contributed by atoms with van der Waals surface area (Å²) < 4.78 is 35.9. The summed E-state index contributed by atoms with van der Waals surface area (Å²) in [6.45, 7) is 5.12. The minimum Gasteiger partial charge on any atom is -0.375 e. The average Bonchev–Trinajstić information content (AvgIpc) is 2.87. The van der Waals surface area contributed by atoms with Gasteiger partial charge >= 0.3 is 0 Å². The zero-order chi connectivity index (χ0) is 24.2. The summed E-state index contributed by atoms with van der Waals surface area (Å²) in [6, 6.07) is 0. The van der Waals surface area contributed by atoms with Crippen LogP contribution in [0.2, 0.25) is 0 Å². The quantitative estimate of drug-likeness (QED) is 0.224. The van der Waals surface area contributed by atoms with Crippen molar-refractivity contribution in [2.45, 2.75) is 161 Å². The highest BCUT2D eigenvalue weighted by molar-refractivity contribution is 4.94. The summed E-state index contributed by atoms with van der Waals surface area (Å²) in [7, 11) is 0. The van der Waals surface area contributed by atoms with Gasteiger partial charge in [0.15, 0.2) is 6.17 Å².